The van der Waals surface area contributed by atoms with Crippen LogP contribution in [0.1, 0.15) is 18.6 Å². The van der Waals surface area contributed by atoms with Crippen molar-refractivity contribution in [3.05, 3.63) is 52.0 Å². The van der Waals surface area contributed by atoms with E-state index in [9.17, 15) is 5.11 Å². The van der Waals surface area contributed by atoms with E-state index in [2.05, 4.69) is 0 Å². The molecule has 106 valence electrons. The number of ether oxygens (including phenoxy) is 2. The van der Waals surface area contributed by atoms with Crippen LogP contribution in [0.3, 0.4) is 0 Å². The Balaban J connectivity index is 2.40. The molecule has 20 heavy (non-hydrogen) atoms. The molecule has 0 aliphatic heterocycles. The Hall–Kier alpha value is -1.42. The molecule has 0 aromatic heterocycles. The molecule has 1 N–H and O–H groups in total. The molecular weight excluding hydrogens is 299 g/mol. The highest BCUT2D eigenvalue weighted by Crippen LogP contribution is 2.37. The average molecular weight is 313 g/mol. The lowest BCUT2D eigenvalue weighted by atomic mass is 10.1. The molecule has 0 fully saturated rings. The summed E-state index contributed by atoms with van der Waals surface area (Å²) in [6.07, 6.45) is -0.719. The zero-order chi connectivity index (χ0) is 14.7. The molecule has 0 saturated heterocycles. The fourth-order valence-electron chi connectivity index (χ4n) is 1.87. The number of benzene rings is 2. The first kappa shape index (κ1) is 15.0. The summed E-state index contributed by atoms with van der Waals surface area (Å²) in [6.45, 7) is 1.65. The van der Waals surface area contributed by atoms with E-state index in [1.54, 1.807) is 50.4 Å². The van der Waals surface area contributed by atoms with Crippen molar-refractivity contribution in [1.82, 2.24) is 0 Å². The predicted octanol–water partition coefficient (Wildman–Crippen LogP) is 4.85. The number of hydrogen-bond acceptors (Lipinski definition) is 3. The van der Waals surface area contributed by atoms with E-state index in [0.29, 0.717) is 32.9 Å². The minimum Gasteiger partial charge on any atom is -0.496 e. The summed E-state index contributed by atoms with van der Waals surface area (Å²) in [7, 11) is 1.55. The lowest BCUT2D eigenvalue weighted by molar-refractivity contribution is 0.190. The van der Waals surface area contributed by atoms with E-state index in [-0.39, 0.29) is 0 Å². The molecule has 0 heterocycles. The Labute approximate surface area is 127 Å². The third-order valence-electron chi connectivity index (χ3n) is 2.78. The Morgan fingerprint density at radius 2 is 1.75 bits per heavy atom. The second-order valence-electron chi connectivity index (χ2n) is 4.23. The van der Waals surface area contributed by atoms with Crippen LogP contribution in [0, 0.1) is 0 Å². The zero-order valence-corrected chi connectivity index (χ0v) is 12.6. The van der Waals surface area contributed by atoms with Gasteiger partial charge in [-0.1, -0.05) is 29.3 Å². The lowest BCUT2D eigenvalue weighted by Crippen LogP contribution is -2.00. The molecule has 0 unspecified atom stereocenters. The van der Waals surface area contributed by atoms with Gasteiger partial charge in [0.25, 0.3) is 0 Å². The molecule has 0 bridgehead atoms. The van der Waals surface area contributed by atoms with Crippen LogP contribution in [0.5, 0.6) is 17.2 Å². The van der Waals surface area contributed by atoms with Gasteiger partial charge in [0, 0.05) is 6.07 Å². The standard InChI is InChI=1S/C15H14Cl2O3/c1-9(18)15-13(19-2)4-3-5-14(15)20-10-6-7-11(16)12(17)8-10/h3-9,18H,1-2H3/t9-/m0/s1. The van der Waals surface area contributed by atoms with Gasteiger partial charge < -0.3 is 14.6 Å². The number of hydrogen-bond donors (Lipinski definition) is 1. The maximum Gasteiger partial charge on any atom is 0.136 e. The molecule has 0 spiro atoms. The summed E-state index contributed by atoms with van der Waals surface area (Å²) in [5.41, 5.74) is 0.584. The van der Waals surface area contributed by atoms with E-state index in [1.165, 1.54) is 0 Å². The summed E-state index contributed by atoms with van der Waals surface area (Å²) < 4.78 is 11.0. The second kappa shape index (κ2) is 6.35. The molecule has 0 aliphatic rings. The quantitative estimate of drug-likeness (QED) is 0.877. The number of halogens is 2. The van der Waals surface area contributed by atoms with Gasteiger partial charge in [-0.25, -0.2) is 0 Å². The van der Waals surface area contributed by atoms with Crippen LogP contribution in [-0.2, 0) is 0 Å². The highest BCUT2D eigenvalue weighted by atomic mass is 35.5. The Morgan fingerprint density at radius 1 is 1.05 bits per heavy atom. The van der Waals surface area contributed by atoms with Crippen molar-refractivity contribution in [1.29, 1.82) is 0 Å². The van der Waals surface area contributed by atoms with Crippen LogP contribution in [0.2, 0.25) is 10.0 Å². The maximum atomic E-state index is 9.89. The van der Waals surface area contributed by atoms with Gasteiger partial charge in [-0.2, -0.15) is 0 Å². The molecule has 2 aromatic rings. The first-order valence-electron chi connectivity index (χ1n) is 6.00. The Kier molecular flexibility index (Phi) is 4.76. The third-order valence-corrected chi connectivity index (χ3v) is 3.52. The Morgan fingerprint density at radius 3 is 2.35 bits per heavy atom. The normalized spacial score (nSPS) is 12.1. The first-order valence-corrected chi connectivity index (χ1v) is 6.76. The van der Waals surface area contributed by atoms with Gasteiger partial charge in [0.2, 0.25) is 0 Å². The Bertz CT molecular complexity index is 612. The fourth-order valence-corrected chi connectivity index (χ4v) is 2.16. The number of aliphatic hydroxyl groups is 1. The lowest BCUT2D eigenvalue weighted by Gasteiger charge is -2.16. The summed E-state index contributed by atoms with van der Waals surface area (Å²) in [6, 6.07) is 10.3. The van der Waals surface area contributed by atoms with Crippen LogP contribution >= 0.6 is 23.2 Å². The van der Waals surface area contributed by atoms with Gasteiger partial charge >= 0.3 is 0 Å². The average Bonchev–Trinajstić information content (AvgIpc) is 2.42. The maximum absolute atomic E-state index is 9.89. The molecule has 3 nitrogen and oxygen atoms in total. The van der Waals surface area contributed by atoms with Gasteiger partial charge in [-0.05, 0) is 31.2 Å². The van der Waals surface area contributed by atoms with Crippen LogP contribution < -0.4 is 9.47 Å². The SMILES string of the molecule is COc1cccc(Oc2ccc(Cl)c(Cl)c2)c1[C@H](C)O. The van der Waals surface area contributed by atoms with Gasteiger partial charge in [0.1, 0.15) is 17.2 Å². The van der Waals surface area contributed by atoms with Crippen molar-refractivity contribution in [2.24, 2.45) is 0 Å². The molecular formula is C15H14Cl2O3. The number of rotatable bonds is 4. The summed E-state index contributed by atoms with van der Waals surface area (Å²) in [5, 5.41) is 10.8. The zero-order valence-electron chi connectivity index (χ0n) is 11.1. The van der Waals surface area contributed by atoms with Crippen LogP contribution in [0.25, 0.3) is 0 Å². The predicted molar refractivity (Wildman–Crippen MR) is 80.2 cm³/mol. The summed E-state index contributed by atoms with van der Waals surface area (Å²) >= 11 is 11.8. The molecule has 0 amide bonds. The van der Waals surface area contributed by atoms with E-state index >= 15 is 0 Å². The van der Waals surface area contributed by atoms with Gasteiger partial charge in [0.05, 0.1) is 28.8 Å². The first-order chi connectivity index (χ1) is 9.52. The molecule has 0 saturated carbocycles. The molecule has 2 rings (SSSR count). The van der Waals surface area contributed by atoms with Crippen molar-refractivity contribution in [2.75, 3.05) is 7.11 Å². The van der Waals surface area contributed by atoms with Crippen molar-refractivity contribution in [3.63, 3.8) is 0 Å². The van der Waals surface area contributed by atoms with Crippen molar-refractivity contribution >= 4 is 23.2 Å². The monoisotopic (exact) mass is 312 g/mol. The largest absolute Gasteiger partial charge is 0.496 e. The highest BCUT2D eigenvalue weighted by molar-refractivity contribution is 6.42. The van der Waals surface area contributed by atoms with E-state index < -0.39 is 6.10 Å². The molecule has 0 radical (unpaired) electrons. The smallest absolute Gasteiger partial charge is 0.136 e. The van der Waals surface area contributed by atoms with Crippen LogP contribution in [-0.4, -0.2) is 12.2 Å². The van der Waals surface area contributed by atoms with E-state index in [4.69, 9.17) is 32.7 Å². The summed E-state index contributed by atoms with van der Waals surface area (Å²) in [5.74, 6) is 1.62. The van der Waals surface area contributed by atoms with E-state index in [0.717, 1.165) is 0 Å². The van der Waals surface area contributed by atoms with Crippen LogP contribution in [0.15, 0.2) is 36.4 Å². The third kappa shape index (κ3) is 3.18. The number of methoxy groups -OCH3 is 1. The minimum absolute atomic E-state index is 0.408. The van der Waals surface area contributed by atoms with Gasteiger partial charge in [0.15, 0.2) is 0 Å². The van der Waals surface area contributed by atoms with E-state index in [1.807, 2.05) is 0 Å². The number of aliphatic hydroxyl groups excluding tert-OH is 1. The van der Waals surface area contributed by atoms with Crippen molar-refractivity contribution in [2.45, 2.75) is 13.0 Å². The van der Waals surface area contributed by atoms with Crippen molar-refractivity contribution in [3.8, 4) is 17.2 Å². The fraction of sp³-hybridized carbons (Fsp3) is 0.200. The van der Waals surface area contributed by atoms with Gasteiger partial charge in [-0.3, -0.25) is 0 Å². The highest BCUT2D eigenvalue weighted by Gasteiger charge is 2.16. The molecule has 1 atom stereocenters. The second-order valence-corrected chi connectivity index (χ2v) is 5.04. The van der Waals surface area contributed by atoms with Crippen LogP contribution in [0.4, 0.5) is 0 Å². The molecule has 0 aliphatic carbocycles. The molecule has 2 aromatic carbocycles. The summed E-state index contributed by atoms with van der Waals surface area (Å²) in [4.78, 5) is 0. The van der Waals surface area contributed by atoms with Gasteiger partial charge in [-0.15, -0.1) is 0 Å². The minimum atomic E-state index is -0.719. The topological polar surface area (TPSA) is 38.7 Å². The van der Waals surface area contributed by atoms with Crippen molar-refractivity contribution < 1.29 is 14.6 Å². The molecule has 5 heteroatoms.